The van der Waals surface area contributed by atoms with Crippen LogP contribution in [-0.2, 0) is 9.53 Å². The van der Waals surface area contributed by atoms with Gasteiger partial charge in [0.05, 0.1) is 11.8 Å². The predicted octanol–water partition coefficient (Wildman–Crippen LogP) is 2.85. The van der Waals surface area contributed by atoms with E-state index in [0.29, 0.717) is 18.3 Å². The lowest BCUT2D eigenvalue weighted by Gasteiger charge is -2.31. The van der Waals surface area contributed by atoms with Gasteiger partial charge in [0.25, 0.3) is 0 Å². The van der Waals surface area contributed by atoms with E-state index in [1.165, 1.54) is 6.42 Å². The summed E-state index contributed by atoms with van der Waals surface area (Å²) in [5.74, 6) is 1.21. The maximum absolute atomic E-state index is 12.4. The summed E-state index contributed by atoms with van der Waals surface area (Å²) in [6.07, 6.45) is 3.53. The Kier molecular flexibility index (Phi) is 7.34. The van der Waals surface area contributed by atoms with Crippen molar-refractivity contribution in [1.29, 1.82) is 0 Å². The molecule has 2 fully saturated rings. The molecule has 2 heterocycles. The Morgan fingerprint density at radius 3 is 2.83 bits per heavy atom. The summed E-state index contributed by atoms with van der Waals surface area (Å²) in [5, 5.41) is 6.22. The summed E-state index contributed by atoms with van der Waals surface area (Å²) >= 11 is 0. The minimum absolute atomic E-state index is 0. The van der Waals surface area contributed by atoms with Crippen molar-refractivity contribution < 1.29 is 14.3 Å². The molecule has 1 aromatic carbocycles. The fraction of sp³-hybridized carbons (Fsp3) is 0.611. The predicted molar refractivity (Wildman–Crippen MR) is 96.9 cm³/mol. The maximum atomic E-state index is 12.4. The average molecular weight is 355 g/mol. The van der Waals surface area contributed by atoms with Crippen LogP contribution in [-0.4, -0.2) is 38.3 Å². The van der Waals surface area contributed by atoms with E-state index < -0.39 is 0 Å². The number of hydrogen-bond acceptors (Lipinski definition) is 4. The molecular weight excluding hydrogens is 328 g/mol. The highest BCUT2D eigenvalue weighted by atomic mass is 35.5. The fourth-order valence-corrected chi connectivity index (χ4v) is 2.94. The van der Waals surface area contributed by atoms with Crippen molar-refractivity contribution in [2.45, 2.75) is 32.3 Å². The molecule has 2 aliphatic heterocycles. The van der Waals surface area contributed by atoms with Gasteiger partial charge in [-0.15, -0.1) is 12.4 Å². The zero-order chi connectivity index (χ0) is 16.1. The molecule has 0 aromatic heterocycles. The molecule has 24 heavy (non-hydrogen) atoms. The average Bonchev–Trinajstić information content (AvgIpc) is 2.53. The molecule has 134 valence electrons. The molecule has 3 rings (SSSR count). The molecule has 2 unspecified atom stereocenters. The smallest absolute Gasteiger partial charge is 0.227 e. The lowest BCUT2D eigenvalue weighted by molar-refractivity contribution is -0.121. The Labute approximate surface area is 149 Å². The number of para-hydroxylation sites is 2. The number of anilines is 1. The highest BCUT2D eigenvalue weighted by molar-refractivity contribution is 5.94. The van der Waals surface area contributed by atoms with E-state index in [0.717, 1.165) is 38.2 Å². The quantitative estimate of drug-likeness (QED) is 0.824. The van der Waals surface area contributed by atoms with E-state index in [1.54, 1.807) is 0 Å². The van der Waals surface area contributed by atoms with Crippen LogP contribution in [0.3, 0.4) is 0 Å². The lowest BCUT2D eigenvalue weighted by Crippen LogP contribution is -2.48. The van der Waals surface area contributed by atoms with Gasteiger partial charge in [0.2, 0.25) is 5.91 Å². The normalized spacial score (nSPS) is 22.0. The van der Waals surface area contributed by atoms with Crippen LogP contribution in [0, 0.1) is 11.8 Å². The number of nitrogens with one attached hydrogen (secondary N) is 2. The monoisotopic (exact) mass is 354 g/mol. The fourth-order valence-electron chi connectivity index (χ4n) is 2.94. The van der Waals surface area contributed by atoms with Crippen LogP contribution in [0.5, 0.6) is 5.75 Å². The first kappa shape index (κ1) is 19.0. The van der Waals surface area contributed by atoms with Crippen LogP contribution in [0.1, 0.15) is 26.2 Å². The Hall–Kier alpha value is -1.30. The van der Waals surface area contributed by atoms with Crippen molar-refractivity contribution in [3.63, 3.8) is 0 Å². The molecule has 2 saturated heterocycles. The number of benzene rings is 1. The maximum Gasteiger partial charge on any atom is 0.227 e. The second kappa shape index (κ2) is 9.25. The van der Waals surface area contributed by atoms with Crippen LogP contribution in [0.4, 0.5) is 5.69 Å². The Morgan fingerprint density at radius 2 is 2.17 bits per heavy atom. The molecule has 2 atom stereocenters. The summed E-state index contributed by atoms with van der Waals surface area (Å²) in [5.41, 5.74) is 0.743. The van der Waals surface area contributed by atoms with Crippen LogP contribution in [0.2, 0.25) is 0 Å². The molecule has 0 spiro atoms. The zero-order valence-electron chi connectivity index (χ0n) is 14.1. The molecule has 2 aliphatic rings. The third-order valence-corrected chi connectivity index (χ3v) is 4.78. The van der Waals surface area contributed by atoms with Gasteiger partial charge in [-0.2, -0.15) is 0 Å². The second-order valence-electron chi connectivity index (χ2n) is 6.49. The molecule has 0 aliphatic carbocycles. The third-order valence-electron chi connectivity index (χ3n) is 4.78. The second-order valence-corrected chi connectivity index (χ2v) is 6.49. The molecule has 6 heteroatoms. The summed E-state index contributed by atoms with van der Waals surface area (Å²) < 4.78 is 11.6. The summed E-state index contributed by atoms with van der Waals surface area (Å²) in [6.45, 7) is 5.19. The lowest BCUT2D eigenvalue weighted by atomic mass is 9.88. The van der Waals surface area contributed by atoms with Gasteiger partial charge in [0.15, 0.2) is 0 Å². The highest BCUT2D eigenvalue weighted by Gasteiger charge is 2.29. The van der Waals surface area contributed by atoms with E-state index >= 15 is 0 Å². The summed E-state index contributed by atoms with van der Waals surface area (Å²) in [6, 6.07) is 7.62. The van der Waals surface area contributed by atoms with Gasteiger partial charge in [-0.1, -0.05) is 19.1 Å². The Balaban J connectivity index is 0.00000208. The number of amides is 1. The molecule has 0 radical (unpaired) electrons. The number of carbonyl (C=O) groups excluding carboxylic acids is 1. The minimum Gasteiger partial charge on any atom is -0.489 e. The van der Waals surface area contributed by atoms with E-state index in [9.17, 15) is 4.79 Å². The number of hydrogen-bond donors (Lipinski definition) is 2. The van der Waals surface area contributed by atoms with Crippen molar-refractivity contribution >= 4 is 24.0 Å². The number of halogens is 1. The molecule has 1 amide bonds. The molecular formula is C18H27ClN2O3. The van der Waals surface area contributed by atoms with Crippen molar-refractivity contribution in [3.8, 4) is 5.75 Å². The van der Waals surface area contributed by atoms with Gasteiger partial charge in [-0.25, -0.2) is 0 Å². The Bertz CT molecular complexity index is 531. The van der Waals surface area contributed by atoms with Crippen LogP contribution in [0.15, 0.2) is 24.3 Å². The van der Waals surface area contributed by atoms with E-state index in [4.69, 9.17) is 9.47 Å². The van der Waals surface area contributed by atoms with E-state index in [1.807, 2.05) is 31.2 Å². The Morgan fingerprint density at radius 1 is 1.38 bits per heavy atom. The first-order valence-electron chi connectivity index (χ1n) is 8.59. The van der Waals surface area contributed by atoms with E-state index in [2.05, 4.69) is 10.6 Å². The highest BCUT2D eigenvalue weighted by Crippen LogP contribution is 2.26. The van der Waals surface area contributed by atoms with Gasteiger partial charge in [-0.05, 0) is 50.4 Å². The molecule has 0 bridgehead atoms. The first-order valence-corrected chi connectivity index (χ1v) is 8.59. The van der Waals surface area contributed by atoms with Gasteiger partial charge < -0.3 is 20.1 Å². The van der Waals surface area contributed by atoms with E-state index in [-0.39, 0.29) is 30.3 Å². The molecule has 1 aromatic rings. The topological polar surface area (TPSA) is 59.6 Å². The summed E-state index contributed by atoms with van der Waals surface area (Å²) in [7, 11) is 0. The van der Waals surface area contributed by atoms with Gasteiger partial charge >= 0.3 is 0 Å². The van der Waals surface area contributed by atoms with Crippen LogP contribution in [0.25, 0.3) is 0 Å². The van der Waals surface area contributed by atoms with Crippen LogP contribution < -0.4 is 15.4 Å². The standard InChI is InChI=1S/C18H26N2O3.ClH/c1-13(14-10-19-11-14)18(21)20-16-7-2-3-8-17(16)23-12-15-6-4-5-9-22-15;/h2-3,7-8,13-15,19H,4-6,9-12H2,1H3,(H,20,21);1H. The van der Waals surface area contributed by atoms with Gasteiger partial charge in [0, 0.05) is 12.5 Å². The SMILES string of the molecule is CC(C(=O)Nc1ccccc1OCC1CCCCO1)C1CNC1.Cl. The minimum atomic E-state index is 0. The molecule has 0 saturated carbocycles. The van der Waals surface area contributed by atoms with Gasteiger partial charge in [0.1, 0.15) is 12.4 Å². The van der Waals surface area contributed by atoms with Crippen molar-refractivity contribution in [2.75, 3.05) is 31.6 Å². The molecule has 2 N–H and O–H groups in total. The molecule has 5 nitrogen and oxygen atoms in total. The first-order chi connectivity index (χ1) is 11.2. The number of carbonyl (C=O) groups is 1. The van der Waals surface area contributed by atoms with Crippen molar-refractivity contribution in [1.82, 2.24) is 5.32 Å². The van der Waals surface area contributed by atoms with Crippen molar-refractivity contribution in [2.24, 2.45) is 11.8 Å². The van der Waals surface area contributed by atoms with Crippen molar-refractivity contribution in [3.05, 3.63) is 24.3 Å². The van der Waals surface area contributed by atoms with Gasteiger partial charge in [-0.3, -0.25) is 4.79 Å². The van der Waals surface area contributed by atoms with Crippen LogP contribution >= 0.6 is 12.4 Å². The number of ether oxygens (including phenoxy) is 2. The third kappa shape index (κ3) is 4.85. The number of rotatable bonds is 6. The largest absolute Gasteiger partial charge is 0.489 e. The zero-order valence-corrected chi connectivity index (χ0v) is 14.9. The summed E-state index contributed by atoms with van der Waals surface area (Å²) in [4.78, 5) is 12.4.